The number of hydrogen-bond acceptors (Lipinski definition) is 4. The fourth-order valence-corrected chi connectivity index (χ4v) is 4.69. The van der Waals surface area contributed by atoms with Crippen LogP contribution in [0.25, 0.3) is 44.7 Å². The molecule has 4 heterocycles. The zero-order valence-electron chi connectivity index (χ0n) is 17.7. The van der Waals surface area contributed by atoms with E-state index in [1.807, 2.05) is 31.2 Å². The molecule has 0 saturated carbocycles. The fraction of sp³-hybridized carbons (Fsp3) is 0.240. The molecule has 0 radical (unpaired) electrons. The van der Waals surface area contributed by atoms with Crippen LogP contribution in [0.1, 0.15) is 30.0 Å². The van der Waals surface area contributed by atoms with E-state index in [-0.39, 0.29) is 5.82 Å². The first-order chi connectivity index (χ1) is 15.7. The number of piperidine rings is 1. The summed E-state index contributed by atoms with van der Waals surface area (Å²) >= 11 is 0. The molecule has 1 aliphatic heterocycles. The summed E-state index contributed by atoms with van der Waals surface area (Å²) in [5, 5.41) is 11.0. The van der Waals surface area contributed by atoms with Crippen LogP contribution in [0, 0.1) is 12.7 Å². The second kappa shape index (κ2) is 7.53. The monoisotopic (exact) mass is 426 g/mol. The maximum absolute atomic E-state index is 14.1. The molecule has 0 spiro atoms. The van der Waals surface area contributed by atoms with Crippen LogP contribution in [0.4, 0.5) is 4.39 Å². The summed E-state index contributed by atoms with van der Waals surface area (Å²) < 4.78 is 14.1. The topological polar surface area (TPSA) is 82.3 Å². The predicted octanol–water partition coefficient (Wildman–Crippen LogP) is 5.08. The summed E-state index contributed by atoms with van der Waals surface area (Å²) in [4.78, 5) is 13.2. The Bertz CT molecular complexity index is 1420. The number of nitrogens with zero attached hydrogens (tertiary/aromatic N) is 3. The minimum absolute atomic E-state index is 0.249. The quantitative estimate of drug-likeness (QED) is 0.376. The molecule has 1 fully saturated rings. The third-order valence-corrected chi connectivity index (χ3v) is 6.28. The standard InChI is InChI=1S/C25H23FN6/c1-14-11-16(13-17(26)12-14)18-3-2-4-20-22(18)30-25(29-20)24-23-21(31-32-24)6-5-19(28-23)15-7-9-27-10-8-15/h2-6,11-13,15,27H,7-10H2,1H3,(H,29,30)(H,31,32). The van der Waals surface area contributed by atoms with Crippen molar-refractivity contribution in [3.8, 4) is 22.6 Å². The Morgan fingerprint density at radius 2 is 1.81 bits per heavy atom. The summed E-state index contributed by atoms with van der Waals surface area (Å²) in [6.07, 6.45) is 2.18. The molecule has 0 atom stereocenters. The van der Waals surface area contributed by atoms with Gasteiger partial charge in [-0.1, -0.05) is 18.2 Å². The number of benzene rings is 2. The van der Waals surface area contributed by atoms with Gasteiger partial charge in [-0.25, -0.2) is 14.4 Å². The van der Waals surface area contributed by atoms with Crippen molar-refractivity contribution in [1.82, 2.24) is 30.5 Å². The van der Waals surface area contributed by atoms with Crippen molar-refractivity contribution in [2.45, 2.75) is 25.7 Å². The maximum atomic E-state index is 14.1. The van der Waals surface area contributed by atoms with Gasteiger partial charge in [0.2, 0.25) is 0 Å². The molecule has 1 aliphatic rings. The van der Waals surface area contributed by atoms with Gasteiger partial charge in [0, 0.05) is 17.2 Å². The smallest absolute Gasteiger partial charge is 0.161 e. The number of hydrogen-bond donors (Lipinski definition) is 3. The van der Waals surface area contributed by atoms with Gasteiger partial charge >= 0.3 is 0 Å². The highest BCUT2D eigenvalue weighted by Gasteiger charge is 2.20. The number of rotatable bonds is 3. The summed E-state index contributed by atoms with van der Waals surface area (Å²) in [7, 11) is 0. The first-order valence-electron chi connectivity index (χ1n) is 11.0. The van der Waals surface area contributed by atoms with Gasteiger partial charge < -0.3 is 10.3 Å². The van der Waals surface area contributed by atoms with Crippen LogP contribution in [0.2, 0.25) is 0 Å². The summed E-state index contributed by atoms with van der Waals surface area (Å²) in [5.74, 6) is 0.865. The molecule has 160 valence electrons. The number of aromatic nitrogens is 5. The van der Waals surface area contributed by atoms with Gasteiger partial charge in [-0.15, -0.1) is 0 Å². The largest absolute Gasteiger partial charge is 0.336 e. The molecule has 2 aromatic carbocycles. The van der Waals surface area contributed by atoms with Crippen molar-refractivity contribution in [3.63, 3.8) is 0 Å². The molecule has 0 unspecified atom stereocenters. The highest BCUT2D eigenvalue weighted by Crippen LogP contribution is 2.33. The molecular weight excluding hydrogens is 403 g/mol. The van der Waals surface area contributed by atoms with E-state index in [9.17, 15) is 4.39 Å². The number of pyridine rings is 1. The lowest BCUT2D eigenvalue weighted by Gasteiger charge is -2.22. The average Bonchev–Trinajstić information content (AvgIpc) is 3.42. The van der Waals surface area contributed by atoms with E-state index in [1.54, 1.807) is 6.07 Å². The van der Waals surface area contributed by atoms with Crippen LogP contribution < -0.4 is 5.32 Å². The number of para-hydroxylation sites is 1. The predicted molar refractivity (Wildman–Crippen MR) is 124 cm³/mol. The van der Waals surface area contributed by atoms with Gasteiger partial charge in [-0.2, -0.15) is 5.10 Å². The molecule has 0 amide bonds. The lowest BCUT2D eigenvalue weighted by Crippen LogP contribution is -2.27. The Labute approximate surface area is 184 Å². The molecule has 1 saturated heterocycles. The van der Waals surface area contributed by atoms with Gasteiger partial charge in [0.15, 0.2) is 11.5 Å². The Kier molecular flexibility index (Phi) is 4.50. The minimum atomic E-state index is -0.249. The van der Waals surface area contributed by atoms with E-state index in [4.69, 9.17) is 9.97 Å². The number of nitrogens with one attached hydrogen (secondary N) is 3. The zero-order chi connectivity index (χ0) is 21.7. The highest BCUT2D eigenvalue weighted by molar-refractivity contribution is 5.96. The second-order valence-corrected chi connectivity index (χ2v) is 8.53. The third-order valence-electron chi connectivity index (χ3n) is 6.28. The van der Waals surface area contributed by atoms with Gasteiger partial charge in [-0.3, -0.25) is 5.10 Å². The van der Waals surface area contributed by atoms with E-state index >= 15 is 0 Å². The van der Waals surface area contributed by atoms with Crippen LogP contribution in [0.15, 0.2) is 48.5 Å². The number of H-pyrrole nitrogens is 2. The Hall–Kier alpha value is -3.58. The van der Waals surface area contributed by atoms with E-state index in [2.05, 4.69) is 32.6 Å². The van der Waals surface area contributed by atoms with Crippen LogP contribution in [0.3, 0.4) is 0 Å². The molecule has 32 heavy (non-hydrogen) atoms. The second-order valence-electron chi connectivity index (χ2n) is 8.53. The van der Waals surface area contributed by atoms with Crippen molar-refractivity contribution >= 4 is 22.1 Å². The lowest BCUT2D eigenvalue weighted by molar-refractivity contribution is 0.454. The molecule has 3 N–H and O–H groups in total. The van der Waals surface area contributed by atoms with Crippen molar-refractivity contribution < 1.29 is 4.39 Å². The van der Waals surface area contributed by atoms with Gasteiger partial charge in [-0.05, 0) is 74.3 Å². The molecule has 6 rings (SSSR count). The van der Waals surface area contributed by atoms with Crippen molar-refractivity contribution in [1.29, 1.82) is 0 Å². The van der Waals surface area contributed by atoms with Gasteiger partial charge in [0.25, 0.3) is 0 Å². The van der Waals surface area contributed by atoms with Gasteiger partial charge in [0.05, 0.1) is 16.6 Å². The van der Waals surface area contributed by atoms with E-state index in [1.165, 1.54) is 6.07 Å². The summed E-state index contributed by atoms with van der Waals surface area (Å²) in [5.41, 5.74) is 7.76. The van der Waals surface area contributed by atoms with Crippen molar-refractivity contribution in [3.05, 3.63) is 65.6 Å². The van der Waals surface area contributed by atoms with E-state index in [0.717, 1.165) is 70.4 Å². The van der Waals surface area contributed by atoms with Crippen LogP contribution in [0.5, 0.6) is 0 Å². The number of halogens is 1. The number of imidazole rings is 1. The molecule has 0 bridgehead atoms. The summed E-state index contributed by atoms with van der Waals surface area (Å²) in [6.45, 7) is 3.94. The third kappa shape index (κ3) is 3.26. The minimum Gasteiger partial charge on any atom is -0.336 e. The average molecular weight is 426 g/mol. The Morgan fingerprint density at radius 3 is 2.66 bits per heavy atom. The number of aromatic amines is 2. The Balaban J connectivity index is 1.47. The van der Waals surface area contributed by atoms with Crippen LogP contribution >= 0.6 is 0 Å². The van der Waals surface area contributed by atoms with Crippen LogP contribution in [-0.2, 0) is 0 Å². The number of fused-ring (bicyclic) bond motifs is 2. The maximum Gasteiger partial charge on any atom is 0.161 e. The fourth-order valence-electron chi connectivity index (χ4n) is 4.69. The lowest BCUT2D eigenvalue weighted by atomic mass is 9.94. The molecule has 5 aromatic rings. The molecule has 6 nitrogen and oxygen atoms in total. The summed E-state index contributed by atoms with van der Waals surface area (Å²) in [6, 6.07) is 15.1. The first kappa shape index (κ1) is 19.1. The van der Waals surface area contributed by atoms with Crippen molar-refractivity contribution in [2.75, 3.05) is 13.1 Å². The van der Waals surface area contributed by atoms with Crippen LogP contribution in [-0.4, -0.2) is 38.2 Å². The van der Waals surface area contributed by atoms with E-state index in [0.29, 0.717) is 17.4 Å². The Morgan fingerprint density at radius 1 is 0.938 bits per heavy atom. The SMILES string of the molecule is Cc1cc(F)cc(-c2cccc3[nH]c(-c4n[nH]c5ccc(C6CCNCC6)nc45)nc23)c1. The van der Waals surface area contributed by atoms with Gasteiger partial charge in [0.1, 0.15) is 11.3 Å². The first-order valence-corrected chi connectivity index (χ1v) is 11.0. The normalized spacial score (nSPS) is 15.1. The molecule has 3 aromatic heterocycles. The molecule has 0 aliphatic carbocycles. The van der Waals surface area contributed by atoms with E-state index < -0.39 is 0 Å². The highest BCUT2D eigenvalue weighted by atomic mass is 19.1. The molecule has 7 heteroatoms. The van der Waals surface area contributed by atoms with Crippen molar-refractivity contribution in [2.24, 2.45) is 0 Å². The zero-order valence-corrected chi connectivity index (χ0v) is 17.7. The number of aryl methyl sites for hydroxylation is 1. The molecular formula is C25H23FN6.